The van der Waals surface area contributed by atoms with Gasteiger partial charge in [0.15, 0.2) is 0 Å². The van der Waals surface area contributed by atoms with Gasteiger partial charge in [-0.05, 0) is 29.8 Å². The fraction of sp³-hybridized carbons (Fsp3) is 0.0667. The molecule has 0 N–H and O–H groups in total. The molecule has 0 aliphatic carbocycles. The van der Waals surface area contributed by atoms with Gasteiger partial charge in [-0.2, -0.15) is 13.2 Å². The van der Waals surface area contributed by atoms with E-state index in [0.29, 0.717) is 28.3 Å². The average molecular weight is 508 g/mol. The third-order valence-corrected chi connectivity index (χ3v) is 6.24. The first-order chi connectivity index (χ1) is 18.5. The fourth-order valence-corrected chi connectivity index (χ4v) is 4.40. The molecule has 0 amide bonds. The third-order valence-electron chi connectivity index (χ3n) is 6.24. The van der Waals surface area contributed by atoms with Crippen molar-refractivity contribution in [1.82, 2.24) is 25.0 Å². The number of nitrogens with zero attached hydrogens (tertiary/aromatic N) is 5. The third kappa shape index (κ3) is 4.52. The van der Waals surface area contributed by atoms with Gasteiger partial charge in [0.05, 0.1) is 34.5 Å². The molecule has 38 heavy (non-hydrogen) atoms. The van der Waals surface area contributed by atoms with E-state index in [0.717, 1.165) is 34.3 Å². The molecule has 0 fully saturated rings. The van der Waals surface area contributed by atoms with Gasteiger partial charge in [-0.25, -0.2) is 14.6 Å². The van der Waals surface area contributed by atoms with E-state index in [1.807, 2.05) is 84.9 Å². The molecule has 0 saturated heterocycles. The summed E-state index contributed by atoms with van der Waals surface area (Å²) in [6, 6.07) is 32.1. The van der Waals surface area contributed by atoms with Crippen LogP contribution >= 0.6 is 0 Å². The van der Waals surface area contributed by atoms with Crippen LogP contribution in [0.1, 0.15) is 11.1 Å². The van der Waals surface area contributed by atoms with Crippen molar-refractivity contribution in [3.8, 4) is 33.9 Å². The van der Waals surface area contributed by atoms with Crippen molar-refractivity contribution < 1.29 is 13.2 Å². The lowest BCUT2D eigenvalue weighted by molar-refractivity contribution is -0.137. The molecule has 5 nitrogen and oxygen atoms in total. The van der Waals surface area contributed by atoms with E-state index in [1.54, 1.807) is 4.68 Å². The quantitative estimate of drug-likeness (QED) is 0.246. The normalized spacial score (nSPS) is 11.7. The first-order valence-electron chi connectivity index (χ1n) is 11.9. The Bertz CT molecular complexity index is 1710. The summed E-state index contributed by atoms with van der Waals surface area (Å²) in [7, 11) is 0. The molecule has 0 saturated carbocycles. The highest BCUT2D eigenvalue weighted by atomic mass is 19.4. The summed E-state index contributed by atoms with van der Waals surface area (Å²) in [5.74, 6) is 0. The van der Waals surface area contributed by atoms with Gasteiger partial charge in [0.25, 0.3) is 0 Å². The Hall–Kier alpha value is -4.85. The summed E-state index contributed by atoms with van der Waals surface area (Å²) in [6.07, 6.45) is -4.39. The van der Waals surface area contributed by atoms with Crippen molar-refractivity contribution in [3.63, 3.8) is 0 Å². The largest absolute Gasteiger partial charge is 0.416 e. The lowest BCUT2D eigenvalue weighted by Crippen LogP contribution is -2.07. The van der Waals surface area contributed by atoms with Crippen LogP contribution in [0.5, 0.6) is 0 Å². The van der Waals surface area contributed by atoms with E-state index in [-0.39, 0.29) is 6.54 Å². The van der Waals surface area contributed by atoms with Gasteiger partial charge >= 0.3 is 6.18 Å². The van der Waals surface area contributed by atoms with E-state index in [4.69, 9.17) is 9.97 Å². The second-order valence-corrected chi connectivity index (χ2v) is 8.78. The number of fused-ring (bicyclic) bond motifs is 1. The molecule has 4 aromatic carbocycles. The van der Waals surface area contributed by atoms with Crippen LogP contribution < -0.4 is 0 Å². The first-order valence-corrected chi connectivity index (χ1v) is 11.9. The minimum Gasteiger partial charge on any atom is -0.244 e. The van der Waals surface area contributed by atoms with E-state index in [2.05, 4.69) is 10.3 Å². The molecule has 0 radical (unpaired) electrons. The number of hydrogen-bond donors (Lipinski definition) is 0. The molecular weight excluding hydrogens is 487 g/mol. The standard InChI is InChI=1S/C30H20F3N5/c31-30(32,33)23-17-15-20(16-18-23)19-38-29(22-11-5-2-6-12-22)28(36-37-38)27-26(21-9-3-1-4-10-21)34-24-13-7-8-14-25(24)35-27/h1-18H,19H2. The molecule has 6 rings (SSSR count). The minimum atomic E-state index is -4.39. The van der Waals surface area contributed by atoms with E-state index in [1.165, 1.54) is 12.1 Å². The Morgan fingerprint density at radius 2 is 1.13 bits per heavy atom. The molecule has 0 bridgehead atoms. The topological polar surface area (TPSA) is 56.5 Å². The second kappa shape index (κ2) is 9.55. The highest BCUT2D eigenvalue weighted by Gasteiger charge is 2.30. The van der Waals surface area contributed by atoms with Crippen LogP contribution in [0.15, 0.2) is 109 Å². The predicted molar refractivity (Wildman–Crippen MR) is 140 cm³/mol. The second-order valence-electron chi connectivity index (χ2n) is 8.78. The zero-order valence-electron chi connectivity index (χ0n) is 20.0. The number of para-hydroxylation sites is 2. The molecule has 2 heterocycles. The SMILES string of the molecule is FC(F)(F)c1ccc(Cn2nnc(-c3nc4ccccc4nc3-c3ccccc3)c2-c2ccccc2)cc1. The van der Waals surface area contributed by atoms with Crippen molar-refractivity contribution in [2.45, 2.75) is 12.7 Å². The molecule has 0 unspecified atom stereocenters. The highest BCUT2D eigenvalue weighted by Crippen LogP contribution is 2.36. The van der Waals surface area contributed by atoms with Crippen molar-refractivity contribution in [3.05, 3.63) is 120 Å². The zero-order chi connectivity index (χ0) is 26.1. The van der Waals surface area contributed by atoms with Gasteiger partial charge < -0.3 is 0 Å². The zero-order valence-corrected chi connectivity index (χ0v) is 20.0. The Morgan fingerprint density at radius 3 is 1.74 bits per heavy atom. The number of rotatable bonds is 5. The Labute approximate surface area is 216 Å². The monoisotopic (exact) mass is 507 g/mol. The molecule has 6 aromatic rings. The van der Waals surface area contributed by atoms with Crippen LogP contribution in [0.3, 0.4) is 0 Å². The Morgan fingerprint density at radius 1 is 0.579 bits per heavy atom. The molecule has 0 spiro atoms. The van der Waals surface area contributed by atoms with Crippen molar-refractivity contribution in [2.75, 3.05) is 0 Å². The summed E-state index contributed by atoms with van der Waals surface area (Å²) >= 11 is 0. The lowest BCUT2D eigenvalue weighted by atomic mass is 10.0. The number of alkyl halides is 3. The molecule has 186 valence electrons. The average Bonchev–Trinajstić information content (AvgIpc) is 3.36. The fourth-order valence-electron chi connectivity index (χ4n) is 4.40. The summed E-state index contributed by atoms with van der Waals surface area (Å²) in [6.45, 7) is 0.233. The number of aromatic nitrogens is 5. The van der Waals surface area contributed by atoms with E-state index >= 15 is 0 Å². The van der Waals surface area contributed by atoms with Gasteiger partial charge in [0, 0.05) is 11.1 Å². The van der Waals surface area contributed by atoms with Crippen LogP contribution in [0.4, 0.5) is 13.2 Å². The van der Waals surface area contributed by atoms with Crippen LogP contribution in [-0.4, -0.2) is 25.0 Å². The first kappa shape index (κ1) is 23.5. The summed E-state index contributed by atoms with van der Waals surface area (Å²) < 4.78 is 40.9. The highest BCUT2D eigenvalue weighted by molar-refractivity contribution is 5.89. The smallest absolute Gasteiger partial charge is 0.244 e. The summed E-state index contributed by atoms with van der Waals surface area (Å²) in [5, 5.41) is 8.97. The number of halogens is 3. The number of hydrogen-bond acceptors (Lipinski definition) is 4. The van der Waals surface area contributed by atoms with E-state index < -0.39 is 11.7 Å². The van der Waals surface area contributed by atoms with Crippen LogP contribution in [0.2, 0.25) is 0 Å². The van der Waals surface area contributed by atoms with Crippen molar-refractivity contribution >= 4 is 11.0 Å². The van der Waals surface area contributed by atoms with Crippen LogP contribution in [-0.2, 0) is 12.7 Å². The number of benzene rings is 4. The van der Waals surface area contributed by atoms with E-state index in [9.17, 15) is 13.2 Å². The van der Waals surface area contributed by atoms with Gasteiger partial charge in [0.2, 0.25) is 0 Å². The molecule has 0 atom stereocenters. The molecule has 0 aliphatic heterocycles. The molecule has 2 aromatic heterocycles. The maximum absolute atomic E-state index is 13.1. The summed E-state index contributed by atoms with van der Waals surface area (Å²) in [4.78, 5) is 9.90. The minimum absolute atomic E-state index is 0.233. The van der Waals surface area contributed by atoms with Crippen molar-refractivity contribution in [2.24, 2.45) is 0 Å². The molecular formula is C30H20F3N5. The van der Waals surface area contributed by atoms with Gasteiger partial charge in [-0.15, -0.1) is 5.10 Å². The van der Waals surface area contributed by atoms with Gasteiger partial charge in [0.1, 0.15) is 11.4 Å². The van der Waals surface area contributed by atoms with Crippen LogP contribution in [0.25, 0.3) is 44.9 Å². The van der Waals surface area contributed by atoms with Gasteiger partial charge in [-0.1, -0.05) is 90.1 Å². The van der Waals surface area contributed by atoms with Gasteiger partial charge in [-0.3, -0.25) is 0 Å². The molecule has 8 heteroatoms. The summed E-state index contributed by atoms with van der Waals surface area (Å²) in [5.41, 5.74) is 5.68. The van der Waals surface area contributed by atoms with Crippen LogP contribution in [0, 0.1) is 0 Å². The Kier molecular flexibility index (Phi) is 5.92. The molecule has 0 aliphatic rings. The maximum atomic E-state index is 13.1. The predicted octanol–water partition coefficient (Wildman–Crippen LogP) is 7.29. The maximum Gasteiger partial charge on any atom is 0.416 e. The van der Waals surface area contributed by atoms with Crippen molar-refractivity contribution in [1.29, 1.82) is 0 Å². The Balaban J connectivity index is 1.53. The lowest BCUT2D eigenvalue weighted by Gasteiger charge is -2.12.